The minimum Gasteiger partial charge on any atom is -0.491 e. The van der Waals surface area contributed by atoms with E-state index >= 15 is 0 Å². The maximum atomic E-state index is 11.9. The van der Waals surface area contributed by atoms with Gasteiger partial charge in [-0.25, -0.2) is 0 Å². The van der Waals surface area contributed by atoms with Gasteiger partial charge in [0.1, 0.15) is 17.5 Å². The van der Waals surface area contributed by atoms with Crippen molar-refractivity contribution in [2.24, 2.45) is 5.92 Å². The van der Waals surface area contributed by atoms with Crippen LogP contribution in [0, 0.1) is 12.8 Å². The summed E-state index contributed by atoms with van der Waals surface area (Å²) >= 11 is 6.94. The van der Waals surface area contributed by atoms with Gasteiger partial charge in [0.2, 0.25) is 0 Å². The highest BCUT2D eigenvalue weighted by Crippen LogP contribution is 2.34. The van der Waals surface area contributed by atoms with E-state index in [4.69, 9.17) is 9.47 Å². The lowest BCUT2D eigenvalue weighted by atomic mass is 9.99. The van der Waals surface area contributed by atoms with Gasteiger partial charge in [-0.2, -0.15) is 0 Å². The molecule has 1 atom stereocenters. The van der Waals surface area contributed by atoms with Gasteiger partial charge in [-0.3, -0.25) is 9.59 Å². The van der Waals surface area contributed by atoms with Crippen molar-refractivity contribution in [3.63, 3.8) is 0 Å². The molecule has 1 rings (SSSR count). The number of ketones is 1. The molecule has 0 fully saturated rings. The number of esters is 1. The molecule has 0 saturated carbocycles. The van der Waals surface area contributed by atoms with Gasteiger partial charge in [-0.15, -0.1) is 0 Å². The van der Waals surface area contributed by atoms with Crippen molar-refractivity contribution < 1.29 is 19.1 Å². The van der Waals surface area contributed by atoms with Crippen molar-refractivity contribution in [3.05, 3.63) is 26.6 Å². The van der Waals surface area contributed by atoms with Crippen molar-refractivity contribution in [3.8, 4) is 5.75 Å². The first-order valence-electron chi connectivity index (χ1n) is 7.51. The summed E-state index contributed by atoms with van der Waals surface area (Å²) in [6.07, 6.45) is 0.784. The average molecular weight is 450 g/mol. The highest BCUT2D eigenvalue weighted by Gasteiger charge is 2.25. The van der Waals surface area contributed by atoms with Gasteiger partial charge in [-0.1, -0.05) is 0 Å². The van der Waals surface area contributed by atoms with E-state index in [1.807, 2.05) is 19.1 Å². The zero-order valence-corrected chi connectivity index (χ0v) is 17.0. The predicted octanol–water partition coefficient (Wildman–Crippen LogP) is 4.84. The molecule has 23 heavy (non-hydrogen) atoms. The summed E-state index contributed by atoms with van der Waals surface area (Å²) in [6.45, 7) is 7.37. The van der Waals surface area contributed by atoms with Crippen LogP contribution in [0.1, 0.15) is 39.2 Å². The number of hydrogen-bond acceptors (Lipinski definition) is 4. The van der Waals surface area contributed by atoms with Crippen LogP contribution in [0.25, 0.3) is 0 Å². The van der Waals surface area contributed by atoms with Crippen LogP contribution in [0.3, 0.4) is 0 Å². The molecule has 0 radical (unpaired) electrons. The molecule has 1 aromatic carbocycles. The van der Waals surface area contributed by atoms with Crippen LogP contribution in [0.2, 0.25) is 0 Å². The summed E-state index contributed by atoms with van der Waals surface area (Å²) in [7, 11) is 0. The molecule has 0 aromatic heterocycles. The average Bonchev–Trinajstić information content (AvgIpc) is 2.39. The van der Waals surface area contributed by atoms with Crippen molar-refractivity contribution in [1.29, 1.82) is 0 Å². The number of benzene rings is 1. The Morgan fingerprint density at radius 2 is 1.74 bits per heavy atom. The fourth-order valence-corrected chi connectivity index (χ4v) is 3.73. The molecule has 0 amide bonds. The van der Waals surface area contributed by atoms with Crippen LogP contribution >= 0.6 is 31.9 Å². The van der Waals surface area contributed by atoms with E-state index in [9.17, 15) is 9.59 Å². The molecule has 0 bridgehead atoms. The van der Waals surface area contributed by atoms with E-state index in [1.54, 1.807) is 13.8 Å². The van der Waals surface area contributed by atoms with Gasteiger partial charge in [0, 0.05) is 0 Å². The summed E-state index contributed by atoms with van der Waals surface area (Å²) in [5, 5.41) is 0. The Morgan fingerprint density at radius 1 is 1.17 bits per heavy atom. The van der Waals surface area contributed by atoms with Crippen LogP contribution in [-0.4, -0.2) is 24.5 Å². The van der Waals surface area contributed by atoms with Gasteiger partial charge < -0.3 is 9.47 Å². The molecule has 4 nitrogen and oxygen atoms in total. The second kappa shape index (κ2) is 9.42. The number of carbonyl (C=O) groups is 2. The van der Waals surface area contributed by atoms with E-state index < -0.39 is 11.9 Å². The quantitative estimate of drug-likeness (QED) is 0.324. The first-order valence-corrected chi connectivity index (χ1v) is 9.10. The zero-order chi connectivity index (χ0) is 17.6. The Kier molecular flexibility index (Phi) is 8.26. The van der Waals surface area contributed by atoms with Crippen LogP contribution in [0.15, 0.2) is 21.1 Å². The number of Topliss-reactive ketones (excluding diaryl/α,β-unsaturated/α-hetero) is 1. The largest absolute Gasteiger partial charge is 0.491 e. The third-order valence-corrected chi connectivity index (χ3v) is 4.33. The van der Waals surface area contributed by atoms with Crippen molar-refractivity contribution in [2.45, 2.75) is 46.6 Å². The normalized spacial score (nSPS) is 12.1. The minimum atomic E-state index is -0.717. The van der Waals surface area contributed by atoms with Crippen molar-refractivity contribution in [2.75, 3.05) is 6.61 Å². The molecule has 1 unspecified atom stereocenters. The third kappa shape index (κ3) is 6.63. The summed E-state index contributed by atoms with van der Waals surface area (Å²) in [4.78, 5) is 23.5. The topological polar surface area (TPSA) is 52.6 Å². The lowest BCUT2D eigenvalue weighted by molar-refractivity contribution is -0.155. The smallest absolute Gasteiger partial charge is 0.316 e. The second-order valence-electron chi connectivity index (χ2n) is 5.70. The monoisotopic (exact) mass is 448 g/mol. The first kappa shape index (κ1) is 20.2. The Hall–Kier alpha value is -0.880. The third-order valence-electron chi connectivity index (χ3n) is 3.15. The van der Waals surface area contributed by atoms with E-state index in [2.05, 4.69) is 31.9 Å². The molecule has 128 valence electrons. The van der Waals surface area contributed by atoms with Gasteiger partial charge in [-0.05, 0) is 90.1 Å². The standard InChI is InChI=1S/C17H22Br2O4/c1-10(2)23-17(21)13(12(4)20)6-5-7-22-16-14(18)8-11(3)9-15(16)19/h8-10,13H,5-7H2,1-4H3. The fourth-order valence-electron chi connectivity index (χ4n) is 2.09. The van der Waals surface area contributed by atoms with Crippen molar-refractivity contribution in [1.82, 2.24) is 0 Å². The van der Waals surface area contributed by atoms with E-state index in [0.29, 0.717) is 19.4 Å². The van der Waals surface area contributed by atoms with Gasteiger partial charge >= 0.3 is 5.97 Å². The molecule has 0 saturated heterocycles. The Labute approximate surface area is 154 Å². The number of ether oxygens (including phenoxy) is 2. The SMILES string of the molecule is CC(=O)C(CCCOc1c(Br)cc(C)cc1Br)C(=O)OC(C)C. The van der Waals surface area contributed by atoms with Crippen LogP contribution in [-0.2, 0) is 14.3 Å². The van der Waals surface area contributed by atoms with E-state index in [-0.39, 0.29) is 11.9 Å². The molecule has 0 heterocycles. The number of carbonyl (C=O) groups excluding carboxylic acids is 2. The molecule has 0 aliphatic rings. The summed E-state index contributed by atoms with van der Waals surface area (Å²) < 4.78 is 12.6. The fraction of sp³-hybridized carbons (Fsp3) is 0.529. The summed E-state index contributed by atoms with van der Waals surface area (Å²) in [5.74, 6) is -0.621. The number of hydrogen-bond donors (Lipinski definition) is 0. The lowest BCUT2D eigenvalue weighted by Crippen LogP contribution is -2.27. The second-order valence-corrected chi connectivity index (χ2v) is 7.41. The molecular weight excluding hydrogens is 428 g/mol. The highest BCUT2D eigenvalue weighted by atomic mass is 79.9. The maximum absolute atomic E-state index is 11.9. The van der Waals surface area contributed by atoms with Crippen LogP contribution in [0.4, 0.5) is 0 Å². The molecule has 0 spiro atoms. The molecule has 0 aliphatic carbocycles. The van der Waals surface area contributed by atoms with Crippen LogP contribution < -0.4 is 4.74 Å². The number of halogens is 2. The van der Waals surface area contributed by atoms with Gasteiger partial charge in [0.05, 0.1) is 21.7 Å². The van der Waals surface area contributed by atoms with Gasteiger partial charge in [0.25, 0.3) is 0 Å². The Balaban J connectivity index is 2.55. The predicted molar refractivity (Wildman–Crippen MR) is 96.7 cm³/mol. The molecule has 6 heteroatoms. The minimum absolute atomic E-state index is 0.173. The van der Waals surface area contributed by atoms with Gasteiger partial charge in [0.15, 0.2) is 0 Å². The Bertz CT molecular complexity index is 547. The van der Waals surface area contributed by atoms with E-state index in [0.717, 1.165) is 20.3 Å². The summed E-state index contributed by atoms with van der Waals surface area (Å²) in [5.41, 5.74) is 1.11. The molecule has 1 aromatic rings. The van der Waals surface area contributed by atoms with E-state index in [1.165, 1.54) is 6.92 Å². The number of aryl methyl sites for hydroxylation is 1. The Morgan fingerprint density at radius 3 is 2.22 bits per heavy atom. The first-order chi connectivity index (χ1) is 10.7. The van der Waals surface area contributed by atoms with Crippen molar-refractivity contribution >= 4 is 43.6 Å². The zero-order valence-electron chi connectivity index (χ0n) is 13.8. The highest BCUT2D eigenvalue weighted by molar-refractivity contribution is 9.11. The molecule has 0 N–H and O–H groups in total. The lowest BCUT2D eigenvalue weighted by Gasteiger charge is -2.16. The maximum Gasteiger partial charge on any atom is 0.316 e. The molecule has 0 aliphatic heterocycles. The molecular formula is C17H22Br2O4. The van der Waals surface area contributed by atoms with Crippen LogP contribution in [0.5, 0.6) is 5.75 Å². The number of rotatable bonds is 8. The summed E-state index contributed by atoms with van der Waals surface area (Å²) in [6, 6.07) is 3.94.